The van der Waals surface area contributed by atoms with Gasteiger partial charge in [-0.05, 0) is 63.3 Å². The summed E-state index contributed by atoms with van der Waals surface area (Å²) in [5.74, 6) is 3.24. The smallest absolute Gasteiger partial charge is 0.220 e. The van der Waals surface area contributed by atoms with Crippen LogP contribution in [-0.4, -0.2) is 77.9 Å². The van der Waals surface area contributed by atoms with Gasteiger partial charge in [0.2, 0.25) is 5.91 Å². The topological polar surface area (TPSA) is 90.8 Å². The van der Waals surface area contributed by atoms with Gasteiger partial charge < -0.3 is 20.1 Å². The van der Waals surface area contributed by atoms with E-state index in [0.717, 1.165) is 81.7 Å². The number of amides is 1. The molecule has 1 amide bonds. The molecule has 1 aromatic rings. The summed E-state index contributed by atoms with van der Waals surface area (Å²) in [6.07, 6.45) is 7.88. The van der Waals surface area contributed by atoms with Gasteiger partial charge in [0.15, 0.2) is 0 Å². The molecule has 2 heterocycles. The summed E-state index contributed by atoms with van der Waals surface area (Å²) in [6.45, 7) is 12.2. The minimum absolute atomic E-state index is 0.0950. The van der Waals surface area contributed by atoms with E-state index in [1.807, 2.05) is 0 Å². The number of methoxy groups -OCH3 is 1. The predicted molar refractivity (Wildman–Crippen MR) is 142 cm³/mol. The third-order valence-corrected chi connectivity index (χ3v) is 8.18. The Labute approximate surface area is 217 Å². The molecule has 0 atom stereocenters. The van der Waals surface area contributed by atoms with Crippen LogP contribution in [0, 0.1) is 11.8 Å². The van der Waals surface area contributed by atoms with Gasteiger partial charge in [-0.3, -0.25) is 9.69 Å². The fourth-order valence-corrected chi connectivity index (χ4v) is 5.78. The lowest BCUT2D eigenvalue weighted by atomic mass is 9.79. The third kappa shape index (κ3) is 7.62. The average Bonchev–Trinajstić information content (AvgIpc) is 2.82. The molecule has 36 heavy (non-hydrogen) atoms. The van der Waals surface area contributed by atoms with Gasteiger partial charge in [0.25, 0.3) is 0 Å². The monoisotopic (exact) mass is 501 g/mol. The molecule has 1 saturated heterocycles. The summed E-state index contributed by atoms with van der Waals surface area (Å²) in [5.41, 5.74) is 0.853. The molecule has 1 aromatic heterocycles. The molecular formula is C28H47N5O3. The van der Waals surface area contributed by atoms with E-state index in [-0.39, 0.29) is 17.4 Å². The van der Waals surface area contributed by atoms with E-state index in [9.17, 15) is 9.90 Å². The van der Waals surface area contributed by atoms with Gasteiger partial charge in [-0.1, -0.05) is 20.8 Å². The molecule has 2 N–H and O–H groups in total. The Morgan fingerprint density at radius 3 is 2.39 bits per heavy atom. The van der Waals surface area contributed by atoms with Crippen molar-refractivity contribution in [2.24, 2.45) is 11.8 Å². The van der Waals surface area contributed by atoms with Crippen molar-refractivity contribution in [2.75, 3.05) is 44.7 Å². The number of nitrogens with one attached hydrogen (secondary N) is 1. The summed E-state index contributed by atoms with van der Waals surface area (Å²) in [6, 6.07) is 2.43. The Bertz CT molecular complexity index is 851. The standard InChI is InChI=1S/C28H47N5O3/c1-28(2,3)27-30-23(19-36-4)18-25(31-27)33-13-11-32(12-14-33)10-9-20-5-7-22(8-6-20)29-26(35)17-21-15-24(34)16-21/h18,20-22,24,34H,5-17,19H2,1-4H3,(H,29,35). The number of piperazine rings is 1. The third-order valence-electron chi connectivity index (χ3n) is 8.18. The number of carbonyl (C=O) groups is 1. The van der Waals surface area contributed by atoms with E-state index in [2.05, 4.69) is 42.0 Å². The van der Waals surface area contributed by atoms with Crippen molar-refractivity contribution in [1.82, 2.24) is 20.2 Å². The Hall–Kier alpha value is -1.77. The molecule has 0 radical (unpaired) electrons. The van der Waals surface area contributed by atoms with Gasteiger partial charge in [0, 0.05) is 57.2 Å². The molecule has 0 unspecified atom stereocenters. The van der Waals surface area contributed by atoms with E-state index in [1.165, 1.54) is 19.3 Å². The van der Waals surface area contributed by atoms with Crippen LogP contribution in [0.15, 0.2) is 6.07 Å². The Morgan fingerprint density at radius 1 is 1.08 bits per heavy atom. The summed E-state index contributed by atoms with van der Waals surface area (Å²) < 4.78 is 5.35. The fourth-order valence-electron chi connectivity index (χ4n) is 5.78. The van der Waals surface area contributed by atoms with Crippen LogP contribution in [0.1, 0.15) is 83.7 Å². The number of aliphatic hydroxyl groups is 1. The number of aromatic nitrogens is 2. The molecule has 0 aromatic carbocycles. The summed E-state index contributed by atoms with van der Waals surface area (Å²) in [5, 5.41) is 12.7. The largest absolute Gasteiger partial charge is 0.393 e. The van der Waals surface area contributed by atoms with E-state index in [4.69, 9.17) is 14.7 Å². The molecule has 4 rings (SSSR count). The Kier molecular flexibility index (Phi) is 9.23. The molecule has 2 saturated carbocycles. The minimum atomic E-state index is -0.177. The van der Waals surface area contributed by atoms with Crippen molar-refractivity contribution in [2.45, 2.75) is 96.3 Å². The molecule has 0 bridgehead atoms. The SMILES string of the molecule is COCc1cc(N2CCN(CCC3CCC(NC(=O)CC4CC(O)C4)CC3)CC2)nc(C(C)(C)C)n1. The van der Waals surface area contributed by atoms with Crippen LogP contribution in [0.4, 0.5) is 5.82 Å². The maximum Gasteiger partial charge on any atom is 0.220 e. The van der Waals surface area contributed by atoms with Gasteiger partial charge in [-0.15, -0.1) is 0 Å². The first kappa shape index (κ1) is 27.3. The Balaban J connectivity index is 1.16. The molecule has 2 aliphatic carbocycles. The first-order chi connectivity index (χ1) is 17.2. The van der Waals surface area contributed by atoms with Crippen LogP contribution in [0.5, 0.6) is 0 Å². The second-order valence-electron chi connectivity index (χ2n) is 12.3. The molecule has 1 aliphatic heterocycles. The number of hydrogen-bond donors (Lipinski definition) is 2. The first-order valence-electron chi connectivity index (χ1n) is 14.0. The second kappa shape index (κ2) is 12.2. The maximum atomic E-state index is 12.3. The highest BCUT2D eigenvalue weighted by atomic mass is 16.5. The zero-order valence-corrected chi connectivity index (χ0v) is 22.8. The number of hydrogen-bond acceptors (Lipinski definition) is 7. The lowest BCUT2D eigenvalue weighted by Gasteiger charge is -2.37. The van der Waals surface area contributed by atoms with E-state index in [0.29, 0.717) is 25.0 Å². The van der Waals surface area contributed by atoms with Crippen LogP contribution in [0.2, 0.25) is 0 Å². The number of carbonyl (C=O) groups excluding carboxylic acids is 1. The van der Waals surface area contributed by atoms with Crippen molar-refractivity contribution in [3.8, 4) is 0 Å². The highest BCUT2D eigenvalue weighted by molar-refractivity contribution is 5.76. The lowest BCUT2D eigenvalue weighted by molar-refractivity contribution is -0.124. The normalized spacial score (nSPS) is 27.5. The van der Waals surface area contributed by atoms with E-state index >= 15 is 0 Å². The van der Waals surface area contributed by atoms with Crippen LogP contribution in [0.25, 0.3) is 0 Å². The molecule has 3 aliphatic rings. The molecule has 8 nitrogen and oxygen atoms in total. The summed E-state index contributed by atoms with van der Waals surface area (Å²) in [7, 11) is 1.71. The average molecular weight is 502 g/mol. The van der Waals surface area contributed by atoms with Crippen LogP contribution in [-0.2, 0) is 21.6 Å². The van der Waals surface area contributed by atoms with E-state index < -0.39 is 0 Å². The highest BCUT2D eigenvalue weighted by Gasteiger charge is 2.30. The fraction of sp³-hybridized carbons (Fsp3) is 0.821. The minimum Gasteiger partial charge on any atom is -0.393 e. The molecule has 202 valence electrons. The van der Waals surface area contributed by atoms with Crippen molar-refractivity contribution in [1.29, 1.82) is 0 Å². The number of rotatable bonds is 9. The number of aliphatic hydroxyl groups excluding tert-OH is 1. The lowest BCUT2D eigenvalue weighted by Crippen LogP contribution is -2.47. The maximum absolute atomic E-state index is 12.3. The zero-order valence-electron chi connectivity index (χ0n) is 22.8. The van der Waals surface area contributed by atoms with E-state index in [1.54, 1.807) is 7.11 Å². The second-order valence-corrected chi connectivity index (χ2v) is 12.3. The van der Waals surface area contributed by atoms with Crippen molar-refractivity contribution >= 4 is 11.7 Å². The van der Waals surface area contributed by atoms with Crippen LogP contribution in [0.3, 0.4) is 0 Å². The van der Waals surface area contributed by atoms with Crippen LogP contribution < -0.4 is 10.2 Å². The number of ether oxygens (including phenoxy) is 1. The van der Waals surface area contributed by atoms with Crippen molar-refractivity contribution in [3.63, 3.8) is 0 Å². The van der Waals surface area contributed by atoms with Gasteiger partial charge in [0.1, 0.15) is 11.6 Å². The van der Waals surface area contributed by atoms with Gasteiger partial charge in [-0.25, -0.2) is 9.97 Å². The predicted octanol–water partition coefficient (Wildman–Crippen LogP) is 3.27. The molecular weight excluding hydrogens is 454 g/mol. The summed E-state index contributed by atoms with van der Waals surface area (Å²) in [4.78, 5) is 26.9. The highest BCUT2D eigenvalue weighted by Crippen LogP contribution is 2.31. The van der Waals surface area contributed by atoms with Crippen molar-refractivity contribution in [3.05, 3.63) is 17.6 Å². The first-order valence-corrected chi connectivity index (χ1v) is 14.0. The van der Waals surface area contributed by atoms with Gasteiger partial charge in [-0.2, -0.15) is 0 Å². The van der Waals surface area contributed by atoms with Gasteiger partial charge in [0.05, 0.1) is 18.4 Å². The quantitative estimate of drug-likeness (QED) is 0.537. The number of nitrogens with zero attached hydrogens (tertiary/aromatic N) is 4. The zero-order chi connectivity index (χ0) is 25.7. The molecule has 0 spiro atoms. The Morgan fingerprint density at radius 2 is 1.78 bits per heavy atom. The molecule has 8 heteroatoms. The number of anilines is 1. The van der Waals surface area contributed by atoms with Gasteiger partial charge >= 0.3 is 0 Å². The van der Waals surface area contributed by atoms with Crippen molar-refractivity contribution < 1.29 is 14.6 Å². The van der Waals surface area contributed by atoms with Crippen LogP contribution >= 0.6 is 0 Å². The molecule has 3 fully saturated rings. The summed E-state index contributed by atoms with van der Waals surface area (Å²) >= 11 is 0.